The van der Waals surface area contributed by atoms with Gasteiger partial charge in [-0.2, -0.15) is 5.10 Å². The van der Waals surface area contributed by atoms with Crippen LogP contribution in [-0.4, -0.2) is 20.7 Å². The summed E-state index contributed by atoms with van der Waals surface area (Å²) >= 11 is 0. The van der Waals surface area contributed by atoms with Crippen LogP contribution in [0.4, 0.5) is 5.69 Å². The van der Waals surface area contributed by atoms with E-state index in [1.165, 1.54) is 12.1 Å². The second-order valence-corrected chi connectivity index (χ2v) is 6.19. The summed E-state index contributed by atoms with van der Waals surface area (Å²) in [7, 11) is 0. The quantitative estimate of drug-likeness (QED) is 0.382. The lowest BCUT2D eigenvalue weighted by atomic mass is 10.1. The number of nitro groups is 1. The highest BCUT2D eigenvalue weighted by atomic mass is 16.6. The maximum atomic E-state index is 12.7. The fourth-order valence-electron chi connectivity index (χ4n) is 2.94. The molecule has 0 saturated heterocycles. The maximum absolute atomic E-state index is 12.7. The first-order valence-electron chi connectivity index (χ1n) is 8.45. The Bertz CT molecular complexity index is 996. The standard InChI is InChI=1S/C20H19N3O4/c1-13-19(14(2)22(21-13)17-9-5-4-6-10-17)20(24)27-15(3)16-8-7-11-18(12-16)23(25)26/h4-12,15H,1-3H3/t15-/m1/s1. The van der Waals surface area contributed by atoms with Crippen LogP contribution >= 0.6 is 0 Å². The topological polar surface area (TPSA) is 87.3 Å². The van der Waals surface area contributed by atoms with Gasteiger partial charge in [-0.05, 0) is 38.5 Å². The summed E-state index contributed by atoms with van der Waals surface area (Å²) in [6.07, 6.45) is -0.628. The highest BCUT2D eigenvalue weighted by molar-refractivity contribution is 5.92. The van der Waals surface area contributed by atoms with Crippen LogP contribution in [0.3, 0.4) is 0 Å². The van der Waals surface area contributed by atoms with E-state index in [9.17, 15) is 14.9 Å². The van der Waals surface area contributed by atoms with Gasteiger partial charge >= 0.3 is 5.97 Å². The molecule has 0 aliphatic rings. The lowest BCUT2D eigenvalue weighted by molar-refractivity contribution is -0.385. The van der Waals surface area contributed by atoms with E-state index in [0.717, 1.165) is 5.69 Å². The molecule has 3 aromatic rings. The molecule has 0 fully saturated rings. The van der Waals surface area contributed by atoms with Crippen LogP contribution < -0.4 is 0 Å². The number of hydrogen-bond donors (Lipinski definition) is 0. The largest absolute Gasteiger partial charge is 0.454 e. The molecule has 1 heterocycles. The molecule has 0 amide bonds. The molecular formula is C20H19N3O4. The lowest BCUT2D eigenvalue weighted by Crippen LogP contribution is -2.11. The number of esters is 1. The minimum Gasteiger partial charge on any atom is -0.454 e. The fourth-order valence-corrected chi connectivity index (χ4v) is 2.94. The number of hydrogen-bond acceptors (Lipinski definition) is 5. The second-order valence-electron chi connectivity index (χ2n) is 6.19. The summed E-state index contributed by atoms with van der Waals surface area (Å²) in [6.45, 7) is 5.24. The van der Waals surface area contributed by atoms with Gasteiger partial charge in [-0.3, -0.25) is 10.1 Å². The van der Waals surface area contributed by atoms with Crippen LogP contribution in [0.1, 0.15) is 40.3 Å². The molecule has 3 rings (SSSR count). The van der Waals surface area contributed by atoms with Crippen LogP contribution in [0, 0.1) is 24.0 Å². The molecule has 0 aliphatic heterocycles. The Balaban J connectivity index is 1.85. The molecule has 2 aromatic carbocycles. The molecule has 1 aromatic heterocycles. The van der Waals surface area contributed by atoms with E-state index in [0.29, 0.717) is 22.5 Å². The summed E-state index contributed by atoms with van der Waals surface area (Å²) in [6, 6.07) is 15.6. The molecule has 0 radical (unpaired) electrons. The van der Waals surface area contributed by atoms with Crippen molar-refractivity contribution in [3.05, 3.63) is 87.2 Å². The monoisotopic (exact) mass is 365 g/mol. The zero-order valence-corrected chi connectivity index (χ0v) is 15.2. The van der Waals surface area contributed by atoms with Crippen molar-refractivity contribution in [1.29, 1.82) is 0 Å². The average molecular weight is 365 g/mol. The summed E-state index contributed by atoms with van der Waals surface area (Å²) in [5.41, 5.74) is 3.01. The summed E-state index contributed by atoms with van der Waals surface area (Å²) < 4.78 is 7.25. The Hall–Kier alpha value is -3.48. The number of benzene rings is 2. The van der Waals surface area contributed by atoms with Crippen molar-refractivity contribution >= 4 is 11.7 Å². The number of non-ortho nitro benzene ring substituents is 1. The maximum Gasteiger partial charge on any atom is 0.342 e. The molecule has 0 aliphatic carbocycles. The molecule has 0 N–H and O–H groups in total. The smallest absolute Gasteiger partial charge is 0.342 e. The van der Waals surface area contributed by atoms with E-state index in [-0.39, 0.29) is 5.69 Å². The van der Waals surface area contributed by atoms with Gasteiger partial charge in [0.1, 0.15) is 11.7 Å². The Morgan fingerprint density at radius 3 is 2.52 bits per heavy atom. The van der Waals surface area contributed by atoms with E-state index < -0.39 is 17.0 Å². The second kappa shape index (κ2) is 7.41. The third-order valence-electron chi connectivity index (χ3n) is 4.33. The number of para-hydroxylation sites is 1. The van der Waals surface area contributed by atoms with E-state index in [2.05, 4.69) is 5.10 Å². The predicted octanol–water partition coefficient (Wildman–Crippen LogP) is 4.32. The number of aryl methyl sites for hydroxylation is 1. The van der Waals surface area contributed by atoms with Gasteiger partial charge in [0.05, 0.1) is 22.0 Å². The third kappa shape index (κ3) is 3.72. The molecule has 138 valence electrons. The van der Waals surface area contributed by atoms with Crippen LogP contribution in [-0.2, 0) is 4.74 Å². The molecule has 7 heteroatoms. The van der Waals surface area contributed by atoms with E-state index in [1.807, 2.05) is 37.3 Å². The first kappa shape index (κ1) is 18.3. The zero-order valence-electron chi connectivity index (χ0n) is 15.2. The van der Waals surface area contributed by atoms with Gasteiger partial charge < -0.3 is 4.74 Å². The number of ether oxygens (including phenoxy) is 1. The Labute approximate surface area is 156 Å². The summed E-state index contributed by atoms with van der Waals surface area (Å²) in [5, 5.41) is 15.4. The van der Waals surface area contributed by atoms with Crippen LogP contribution in [0.15, 0.2) is 54.6 Å². The van der Waals surface area contributed by atoms with Crippen LogP contribution in [0.5, 0.6) is 0 Å². The Morgan fingerprint density at radius 2 is 1.85 bits per heavy atom. The minimum atomic E-state index is -0.628. The van der Waals surface area contributed by atoms with Gasteiger partial charge in [-0.25, -0.2) is 9.48 Å². The van der Waals surface area contributed by atoms with Crippen molar-refractivity contribution in [2.45, 2.75) is 26.9 Å². The Kier molecular flexibility index (Phi) is 5.03. The summed E-state index contributed by atoms with van der Waals surface area (Å²) in [4.78, 5) is 23.2. The van der Waals surface area contributed by atoms with Crippen molar-refractivity contribution in [2.24, 2.45) is 0 Å². The normalized spacial score (nSPS) is 11.8. The third-order valence-corrected chi connectivity index (χ3v) is 4.33. The zero-order chi connectivity index (χ0) is 19.6. The highest BCUT2D eigenvalue weighted by Gasteiger charge is 2.23. The lowest BCUT2D eigenvalue weighted by Gasteiger charge is -2.14. The van der Waals surface area contributed by atoms with Gasteiger partial charge in [0.2, 0.25) is 0 Å². The van der Waals surface area contributed by atoms with Crippen molar-refractivity contribution in [2.75, 3.05) is 0 Å². The van der Waals surface area contributed by atoms with Gasteiger partial charge in [-0.15, -0.1) is 0 Å². The van der Waals surface area contributed by atoms with Crippen molar-refractivity contribution in [3.63, 3.8) is 0 Å². The van der Waals surface area contributed by atoms with Gasteiger partial charge in [0, 0.05) is 12.1 Å². The van der Waals surface area contributed by atoms with Crippen molar-refractivity contribution < 1.29 is 14.5 Å². The predicted molar refractivity (Wildman–Crippen MR) is 100.0 cm³/mol. The van der Waals surface area contributed by atoms with E-state index >= 15 is 0 Å². The number of rotatable bonds is 5. The number of carbonyl (C=O) groups excluding carboxylic acids is 1. The minimum absolute atomic E-state index is 0.0420. The van der Waals surface area contributed by atoms with E-state index in [4.69, 9.17) is 4.74 Å². The first-order chi connectivity index (χ1) is 12.9. The number of nitrogens with zero attached hydrogens (tertiary/aromatic N) is 3. The molecule has 0 spiro atoms. The fraction of sp³-hybridized carbons (Fsp3) is 0.200. The number of aromatic nitrogens is 2. The highest BCUT2D eigenvalue weighted by Crippen LogP contribution is 2.25. The summed E-state index contributed by atoms with van der Waals surface area (Å²) in [5.74, 6) is -0.508. The first-order valence-corrected chi connectivity index (χ1v) is 8.45. The SMILES string of the molecule is Cc1nn(-c2ccccc2)c(C)c1C(=O)O[C@H](C)c1cccc([N+](=O)[O-])c1. The molecule has 27 heavy (non-hydrogen) atoms. The molecule has 1 atom stereocenters. The van der Waals surface area contributed by atoms with Gasteiger partial charge in [0.15, 0.2) is 0 Å². The number of carbonyl (C=O) groups is 1. The Morgan fingerprint density at radius 1 is 1.15 bits per heavy atom. The van der Waals surface area contributed by atoms with Crippen LogP contribution in [0.25, 0.3) is 5.69 Å². The van der Waals surface area contributed by atoms with Gasteiger partial charge in [0.25, 0.3) is 5.69 Å². The molecule has 7 nitrogen and oxygen atoms in total. The van der Waals surface area contributed by atoms with Gasteiger partial charge in [-0.1, -0.05) is 30.3 Å². The molecule has 0 saturated carbocycles. The van der Waals surface area contributed by atoms with E-state index in [1.54, 1.807) is 30.7 Å². The van der Waals surface area contributed by atoms with Crippen molar-refractivity contribution in [3.8, 4) is 5.69 Å². The average Bonchev–Trinajstić information content (AvgIpc) is 2.96. The van der Waals surface area contributed by atoms with Crippen molar-refractivity contribution in [1.82, 2.24) is 9.78 Å². The molecular weight excluding hydrogens is 346 g/mol. The van der Waals surface area contributed by atoms with Crippen LogP contribution in [0.2, 0.25) is 0 Å². The molecule has 0 unspecified atom stereocenters. The molecule has 0 bridgehead atoms. The number of nitro benzene ring substituents is 1.